The summed E-state index contributed by atoms with van der Waals surface area (Å²) in [5, 5.41) is 7.47. The van der Waals surface area contributed by atoms with Gasteiger partial charge in [-0.2, -0.15) is 4.98 Å². The molecule has 0 spiro atoms. The Labute approximate surface area is 154 Å². The predicted molar refractivity (Wildman–Crippen MR) is 99.1 cm³/mol. The third-order valence-electron chi connectivity index (χ3n) is 6.02. The first kappa shape index (κ1) is 17.4. The summed E-state index contributed by atoms with van der Waals surface area (Å²) in [6.45, 7) is 4.93. The van der Waals surface area contributed by atoms with E-state index in [9.17, 15) is 4.79 Å². The van der Waals surface area contributed by atoms with Crippen molar-refractivity contribution in [2.75, 3.05) is 19.6 Å². The minimum atomic E-state index is -0.197. The topological polar surface area (TPSA) is 75.4 Å². The SMILES string of the molecule is Cc1ccnc2nc(C(=O)NCC3(N4CCCCC4)CCCCC3)nn12. The van der Waals surface area contributed by atoms with Crippen molar-refractivity contribution >= 4 is 11.7 Å². The van der Waals surface area contributed by atoms with Crippen LogP contribution in [0.1, 0.15) is 67.7 Å². The number of nitrogens with one attached hydrogen (secondary N) is 1. The van der Waals surface area contributed by atoms with Crippen LogP contribution in [0.25, 0.3) is 5.78 Å². The van der Waals surface area contributed by atoms with Crippen molar-refractivity contribution in [1.82, 2.24) is 29.8 Å². The van der Waals surface area contributed by atoms with E-state index < -0.39 is 0 Å². The van der Waals surface area contributed by atoms with Gasteiger partial charge in [-0.15, -0.1) is 5.10 Å². The highest BCUT2D eigenvalue weighted by molar-refractivity contribution is 5.90. The lowest BCUT2D eigenvalue weighted by Gasteiger charge is -2.48. The monoisotopic (exact) mass is 356 g/mol. The maximum atomic E-state index is 12.7. The van der Waals surface area contributed by atoms with Crippen molar-refractivity contribution in [1.29, 1.82) is 0 Å². The first-order valence-corrected chi connectivity index (χ1v) is 9.90. The molecule has 1 saturated carbocycles. The minimum absolute atomic E-state index is 0.113. The highest BCUT2D eigenvalue weighted by atomic mass is 16.2. The van der Waals surface area contributed by atoms with Crippen LogP contribution in [-0.2, 0) is 0 Å². The zero-order valence-electron chi connectivity index (χ0n) is 15.6. The van der Waals surface area contributed by atoms with E-state index in [0.717, 1.165) is 18.8 Å². The Hall–Kier alpha value is -2.02. The third-order valence-corrected chi connectivity index (χ3v) is 6.02. The molecule has 7 nitrogen and oxygen atoms in total. The summed E-state index contributed by atoms with van der Waals surface area (Å²) in [6.07, 6.45) is 11.7. The molecular weight excluding hydrogens is 328 g/mol. The number of fused-ring (bicyclic) bond motifs is 1. The summed E-state index contributed by atoms with van der Waals surface area (Å²) in [7, 11) is 0. The molecule has 26 heavy (non-hydrogen) atoms. The van der Waals surface area contributed by atoms with E-state index in [2.05, 4.69) is 25.3 Å². The van der Waals surface area contributed by atoms with Gasteiger partial charge < -0.3 is 5.32 Å². The van der Waals surface area contributed by atoms with Gasteiger partial charge in [-0.1, -0.05) is 25.7 Å². The van der Waals surface area contributed by atoms with Crippen molar-refractivity contribution < 1.29 is 4.79 Å². The first-order chi connectivity index (χ1) is 12.7. The first-order valence-electron chi connectivity index (χ1n) is 9.90. The highest BCUT2D eigenvalue weighted by Gasteiger charge is 2.38. The van der Waals surface area contributed by atoms with E-state index in [-0.39, 0.29) is 17.3 Å². The second kappa shape index (κ2) is 7.31. The Bertz CT molecular complexity index is 773. The average molecular weight is 356 g/mol. The lowest BCUT2D eigenvalue weighted by atomic mass is 9.79. The van der Waals surface area contributed by atoms with Crippen molar-refractivity contribution in [3.05, 3.63) is 23.8 Å². The number of likely N-dealkylation sites (tertiary alicyclic amines) is 1. The molecule has 2 fully saturated rings. The predicted octanol–water partition coefficient (Wildman–Crippen LogP) is 2.35. The van der Waals surface area contributed by atoms with Gasteiger partial charge in [-0.25, -0.2) is 9.50 Å². The quantitative estimate of drug-likeness (QED) is 0.910. The van der Waals surface area contributed by atoms with Gasteiger partial charge in [0, 0.05) is 24.0 Å². The van der Waals surface area contributed by atoms with E-state index in [1.807, 2.05) is 13.0 Å². The fraction of sp³-hybridized carbons (Fsp3) is 0.684. The maximum absolute atomic E-state index is 12.7. The number of aromatic nitrogens is 4. The van der Waals surface area contributed by atoms with Gasteiger partial charge in [-0.05, 0) is 51.8 Å². The molecule has 0 unspecified atom stereocenters. The standard InChI is InChI=1S/C19H28N6O/c1-15-8-11-20-18-22-16(23-25(15)18)17(26)21-14-19(9-4-2-5-10-19)24-12-6-3-7-13-24/h8,11H,2-7,9-10,12-14H2,1H3,(H,21,26). The molecule has 3 heterocycles. The van der Waals surface area contributed by atoms with Crippen molar-refractivity contribution in [3.8, 4) is 0 Å². The molecule has 2 aromatic rings. The van der Waals surface area contributed by atoms with Crippen LogP contribution in [0.3, 0.4) is 0 Å². The summed E-state index contributed by atoms with van der Waals surface area (Å²) < 4.78 is 1.62. The number of amides is 1. The Morgan fingerprint density at radius 1 is 1.15 bits per heavy atom. The molecule has 2 aliphatic rings. The number of nitrogens with zero attached hydrogens (tertiary/aromatic N) is 5. The number of hydrogen-bond acceptors (Lipinski definition) is 5. The van der Waals surface area contributed by atoms with Crippen LogP contribution in [0.4, 0.5) is 0 Å². The molecule has 1 saturated heterocycles. The molecule has 4 rings (SSSR count). The van der Waals surface area contributed by atoms with Gasteiger partial charge in [0.1, 0.15) is 0 Å². The molecule has 0 bridgehead atoms. The fourth-order valence-electron chi connectivity index (χ4n) is 4.51. The summed E-state index contributed by atoms with van der Waals surface area (Å²) >= 11 is 0. The smallest absolute Gasteiger partial charge is 0.291 e. The number of carbonyl (C=O) groups is 1. The normalized spacial score (nSPS) is 21.0. The van der Waals surface area contributed by atoms with Crippen molar-refractivity contribution in [2.24, 2.45) is 0 Å². The van der Waals surface area contributed by atoms with Crippen LogP contribution in [0.5, 0.6) is 0 Å². The zero-order valence-corrected chi connectivity index (χ0v) is 15.6. The van der Waals surface area contributed by atoms with Gasteiger partial charge in [0.25, 0.3) is 11.7 Å². The number of aryl methyl sites for hydroxylation is 1. The van der Waals surface area contributed by atoms with E-state index in [0.29, 0.717) is 12.3 Å². The molecule has 0 radical (unpaired) electrons. The molecule has 1 aliphatic carbocycles. The summed E-state index contributed by atoms with van der Waals surface area (Å²) in [4.78, 5) is 23.8. The fourth-order valence-corrected chi connectivity index (χ4v) is 4.51. The van der Waals surface area contributed by atoms with E-state index >= 15 is 0 Å². The maximum Gasteiger partial charge on any atom is 0.291 e. The molecule has 1 amide bonds. The number of carbonyl (C=O) groups excluding carboxylic acids is 1. The Morgan fingerprint density at radius 2 is 1.88 bits per heavy atom. The van der Waals surface area contributed by atoms with Crippen LogP contribution >= 0.6 is 0 Å². The van der Waals surface area contributed by atoms with Crippen LogP contribution in [0, 0.1) is 6.92 Å². The van der Waals surface area contributed by atoms with Gasteiger partial charge >= 0.3 is 0 Å². The molecule has 1 N–H and O–H groups in total. The Balaban J connectivity index is 1.49. The number of piperidine rings is 1. The largest absolute Gasteiger partial charge is 0.347 e. The average Bonchev–Trinajstić information content (AvgIpc) is 3.13. The summed E-state index contributed by atoms with van der Waals surface area (Å²) in [5.41, 5.74) is 1.03. The van der Waals surface area contributed by atoms with E-state index in [1.54, 1.807) is 10.7 Å². The van der Waals surface area contributed by atoms with Crippen LogP contribution < -0.4 is 5.32 Å². The Morgan fingerprint density at radius 3 is 2.62 bits per heavy atom. The van der Waals surface area contributed by atoms with Crippen LogP contribution in [-0.4, -0.2) is 55.6 Å². The van der Waals surface area contributed by atoms with Gasteiger partial charge in [0.2, 0.25) is 5.82 Å². The molecule has 7 heteroatoms. The van der Waals surface area contributed by atoms with Gasteiger partial charge in [0.05, 0.1) is 0 Å². The molecule has 140 valence electrons. The molecule has 0 atom stereocenters. The molecule has 2 aromatic heterocycles. The minimum Gasteiger partial charge on any atom is -0.347 e. The lowest BCUT2D eigenvalue weighted by Crippen LogP contribution is -2.58. The highest BCUT2D eigenvalue weighted by Crippen LogP contribution is 2.35. The van der Waals surface area contributed by atoms with Crippen LogP contribution in [0.15, 0.2) is 12.3 Å². The Kier molecular flexibility index (Phi) is 4.89. The molecular formula is C19H28N6O. The number of hydrogen-bond donors (Lipinski definition) is 1. The molecule has 1 aliphatic heterocycles. The second-order valence-electron chi connectivity index (χ2n) is 7.75. The van der Waals surface area contributed by atoms with Gasteiger partial charge in [-0.3, -0.25) is 9.69 Å². The summed E-state index contributed by atoms with van der Waals surface area (Å²) in [6, 6.07) is 1.86. The van der Waals surface area contributed by atoms with Crippen molar-refractivity contribution in [2.45, 2.75) is 63.8 Å². The van der Waals surface area contributed by atoms with E-state index in [4.69, 9.17) is 0 Å². The zero-order chi connectivity index (χ0) is 18.0. The molecule has 0 aromatic carbocycles. The third kappa shape index (κ3) is 3.32. The number of rotatable bonds is 4. The summed E-state index contributed by atoms with van der Waals surface area (Å²) in [5.74, 6) is 0.479. The van der Waals surface area contributed by atoms with Crippen LogP contribution in [0.2, 0.25) is 0 Å². The van der Waals surface area contributed by atoms with Gasteiger partial charge in [0.15, 0.2) is 0 Å². The second-order valence-corrected chi connectivity index (χ2v) is 7.75. The van der Waals surface area contributed by atoms with E-state index in [1.165, 1.54) is 51.4 Å². The lowest BCUT2D eigenvalue weighted by molar-refractivity contribution is 0.0325. The van der Waals surface area contributed by atoms with Crippen molar-refractivity contribution in [3.63, 3.8) is 0 Å².